The number of amides is 1. The van der Waals surface area contributed by atoms with E-state index in [1.807, 2.05) is 42.7 Å². The van der Waals surface area contributed by atoms with Crippen molar-refractivity contribution in [3.63, 3.8) is 0 Å². The van der Waals surface area contributed by atoms with Gasteiger partial charge in [0.25, 0.3) is 0 Å². The minimum Gasteiger partial charge on any atom is -0.497 e. The predicted octanol–water partition coefficient (Wildman–Crippen LogP) is 4.35. The lowest BCUT2D eigenvalue weighted by Crippen LogP contribution is -2.23. The van der Waals surface area contributed by atoms with Crippen LogP contribution in [-0.4, -0.2) is 29.7 Å². The minimum atomic E-state index is 0.00355. The summed E-state index contributed by atoms with van der Waals surface area (Å²) in [5.74, 6) is 1.52. The third kappa shape index (κ3) is 5.09. The number of nitrogens with one attached hydrogen (secondary N) is 1. The van der Waals surface area contributed by atoms with Crippen LogP contribution >= 0.6 is 0 Å². The summed E-state index contributed by atoms with van der Waals surface area (Å²) in [7, 11) is 3.26. The Morgan fingerprint density at radius 3 is 2.53 bits per heavy atom. The van der Waals surface area contributed by atoms with Gasteiger partial charge in [-0.05, 0) is 53.4 Å². The molecule has 0 radical (unpaired) electrons. The van der Waals surface area contributed by atoms with E-state index in [0.29, 0.717) is 19.4 Å². The Kier molecular flexibility index (Phi) is 6.70. The van der Waals surface area contributed by atoms with Crippen molar-refractivity contribution >= 4 is 16.9 Å². The molecule has 0 spiro atoms. The smallest absolute Gasteiger partial charge is 0.220 e. The molecule has 6 nitrogen and oxygen atoms in total. The fraction of sp³-hybridized carbons (Fsp3) is 0.231. The van der Waals surface area contributed by atoms with Crippen LogP contribution in [0.2, 0.25) is 0 Å². The van der Waals surface area contributed by atoms with E-state index < -0.39 is 0 Å². The van der Waals surface area contributed by atoms with Gasteiger partial charge in [-0.15, -0.1) is 0 Å². The Bertz CT molecular complexity index is 1200. The van der Waals surface area contributed by atoms with E-state index >= 15 is 0 Å². The number of imidazole rings is 1. The molecule has 1 N–H and O–H groups in total. The van der Waals surface area contributed by atoms with Gasteiger partial charge in [-0.1, -0.05) is 36.4 Å². The van der Waals surface area contributed by atoms with Crippen molar-refractivity contribution in [3.05, 3.63) is 89.7 Å². The first-order valence-corrected chi connectivity index (χ1v) is 10.6. The van der Waals surface area contributed by atoms with Crippen molar-refractivity contribution in [2.75, 3.05) is 14.2 Å². The number of carbonyl (C=O) groups excluding carboxylic acids is 1. The average Bonchev–Trinajstić information content (AvgIpc) is 3.24. The van der Waals surface area contributed by atoms with Crippen molar-refractivity contribution in [1.82, 2.24) is 14.9 Å². The van der Waals surface area contributed by atoms with Gasteiger partial charge in [0.15, 0.2) is 0 Å². The van der Waals surface area contributed by atoms with Gasteiger partial charge in [0.05, 0.1) is 31.6 Å². The number of nitrogens with zero attached hydrogens (tertiary/aromatic N) is 2. The van der Waals surface area contributed by atoms with E-state index in [1.165, 1.54) is 5.56 Å². The summed E-state index contributed by atoms with van der Waals surface area (Å²) in [6.45, 7) is 1.26. The number of para-hydroxylation sites is 2. The van der Waals surface area contributed by atoms with Crippen LogP contribution in [0.15, 0.2) is 73.1 Å². The summed E-state index contributed by atoms with van der Waals surface area (Å²) in [5.41, 5.74) is 5.33. The van der Waals surface area contributed by atoms with Crippen LogP contribution in [-0.2, 0) is 24.3 Å². The van der Waals surface area contributed by atoms with E-state index in [-0.39, 0.29) is 5.91 Å². The summed E-state index contributed by atoms with van der Waals surface area (Å²) in [6.07, 6.45) is 2.84. The number of aromatic nitrogens is 2. The molecule has 0 atom stereocenters. The second-order valence-corrected chi connectivity index (χ2v) is 7.63. The molecule has 1 amide bonds. The number of fused-ring (bicyclic) bond motifs is 1. The SMILES string of the molecule is COc1ccc(OC)c(CCC(=O)NCc2ccc(Cn3cnc4ccccc43)cc2)c1. The number of aryl methyl sites for hydroxylation is 1. The molecule has 0 saturated heterocycles. The van der Waals surface area contributed by atoms with Gasteiger partial charge in [0.2, 0.25) is 5.91 Å². The Balaban J connectivity index is 1.29. The molecule has 1 aromatic heterocycles. The summed E-state index contributed by atoms with van der Waals surface area (Å²) < 4.78 is 12.8. The fourth-order valence-corrected chi connectivity index (χ4v) is 3.71. The van der Waals surface area contributed by atoms with Crippen molar-refractivity contribution in [1.29, 1.82) is 0 Å². The zero-order chi connectivity index (χ0) is 22.3. The van der Waals surface area contributed by atoms with Crippen LogP contribution in [0.1, 0.15) is 23.1 Å². The monoisotopic (exact) mass is 429 g/mol. The van der Waals surface area contributed by atoms with Crippen molar-refractivity contribution in [2.45, 2.75) is 25.9 Å². The molecule has 0 unspecified atom stereocenters. The molecular weight excluding hydrogens is 402 g/mol. The molecule has 0 saturated carbocycles. The highest BCUT2D eigenvalue weighted by atomic mass is 16.5. The predicted molar refractivity (Wildman–Crippen MR) is 125 cm³/mol. The molecule has 4 aromatic rings. The second-order valence-electron chi connectivity index (χ2n) is 7.63. The zero-order valence-electron chi connectivity index (χ0n) is 18.4. The molecule has 4 rings (SSSR count). The molecule has 0 fully saturated rings. The topological polar surface area (TPSA) is 65.4 Å². The maximum Gasteiger partial charge on any atom is 0.220 e. The number of methoxy groups -OCH3 is 2. The van der Waals surface area contributed by atoms with Crippen molar-refractivity contribution in [2.24, 2.45) is 0 Å². The van der Waals surface area contributed by atoms with Crippen LogP contribution in [0.5, 0.6) is 11.5 Å². The first kappa shape index (κ1) is 21.4. The van der Waals surface area contributed by atoms with Gasteiger partial charge in [-0.3, -0.25) is 4.79 Å². The molecule has 0 aliphatic carbocycles. The maximum atomic E-state index is 12.4. The average molecular weight is 430 g/mol. The molecule has 6 heteroatoms. The van der Waals surface area contributed by atoms with Gasteiger partial charge in [0.1, 0.15) is 11.5 Å². The Hall–Kier alpha value is -3.80. The lowest BCUT2D eigenvalue weighted by Gasteiger charge is -2.11. The normalized spacial score (nSPS) is 10.8. The van der Waals surface area contributed by atoms with Crippen molar-refractivity contribution in [3.8, 4) is 11.5 Å². The molecular formula is C26H27N3O3. The zero-order valence-corrected chi connectivity index (χ0v) is 18.4. The maximum absolute atomic E-state index is 12.4. The molecule has 32 heavy (non-hydrogen) atoms. The first-order valence-electron chi connectivity index (χ1n) is 10.6. The summed E-state index contributed by atoms with van der Waals surface area (Å²) in [4.78, 5) is 16.8. The number of hydrogen-bond donors (Lipinski definition) is 1. The summed E-state index contributed by atoms with van der Waals surface area (Å²) in [5, 5.41) is 3.00. The lowest BCUT2D eigenvalue weighted by atomic mass is 10.1. The standard InChI is InChI=1S/C26H27N3O3/c1-31-22-12-13-25(32-2)21(15-22)11-14-26(30)27-16-19-7-9-20(10-8-19)17-29-18-28-23-5-3-4-6-24(23)29/h3-10,12-13,15,18H,11,14,16-17H2,1-2H3,(H,27,30). The van der Waals surface area contributed by atoms with Gasteiger partial charge in [0, 0.05) is 19.5 Å². The van der Waals surface area contributed by atoms with Gasteiger partial charge in [-0.25, -0.2) is 4.98 Å². The van der Waals surface area contributed by atoms with Crippen LogP contribution in [0.3, 0.4) is 0 Å². The fourth-order valence-electron chi connectivity index (χ4n) is 3.71. The quantitative estimate of drug-likeness (QED) is 0.430. The Labute approximate surface area is 187 Å². The molecule has 1 heterocycles. The lowest BCUT2D eigenvalue weighted by molar-refractivity contribution is -0.121. The summed E-state index contributed by atoms with van der Waals surface area (Å²) in [6, 6.07) is 22.0. The van der Waals surface area contributed by atoms with E-state index in [0.717, 1.165) is 40.2 Å². The minimum absolute atomic E-state index is 0.00355. The third-order valence-corrected chi connectivity index (χ3v) is 5.50. The number of carbonyl (C=O) groups is 1. The number of rotatable bonds is 9. The summed E-state index contributed by atoms with van der Waals surface area (Å²) >= 11 is 0. The highest BCUT2D eigenvalue weighted by molar-refractivity contribution is 5.76. The van der Waals surface area contributed by atoms with Crippen LogP contribution in [0.25, 0.3) is 11.0 Å². The Morgan fingerprint density at radius 1 is 0.969 bits per heavy atom. The van der Waals surface area contributed by atoms with Gasteiger partial charge in [-0.2, -0.15) is 0 Å². The molecule has 0 bridgehead atoms. The number of ether oxygens (including phenoxy) is 2. The van der Waals surface area contributed by atoms with Crippen molar-refractivity contribution < 1.29 is 14.3 Å². The van der Waals surface area contributed by atoms with Crippen LogP contribution in [0, 0.1) is 0 Å². The number of hydrogen-bond acceptors (Lipinski definition) is 4. The highest BCUT2D eigenvalue weighted by Crippen LogP contribution is 2.25. The largest absolute Gasteiger partial charge is 0.497 e. The second kappa shape index (κ2) is 10.0. The first-order chi connectivity index (χ1) is 15.7. The third-order valence-electron chi connectivity index (χ3n) is 5.50. The molecule has 164 valence electrons. The highest BCUT2D eigenvalue weighted by Gasteiger charge is 2.09. The molecule has 3 aromatic carbocycles. The van der Waals surface area contributed by atoms with Crippen LogP contribution < -0.4 is 14.8 Å². The van der Waals surface area contributed by atoms with E-state index in [4.69, 9.17) is 9.47 Å². The molecule has 0 aliphatic rings. The Morgan fingerprint density at radius 2 is 1.75 bits per heavy atom. The van der Waals surface area contributed by atoms with E-state index in [1.54, 1.807) is 14.2 Å². The van der Waals surface area contributed by atoms with E-state index in [9.17, 15) is 4.79 Å². The van der Waals surface area contributed by atoms with E-state index in [2.05, 4.69) is 45.2 Å². The van der Waals surface area contributed by atoms with Gasteiger partial charge >= 0.3 is 0 Å². The van der Waals surface area contributed by atoms with Crippen LogP contribution in [0.4, 0.5) is 0 Å². The number of benzene rings is 3. The van der Waals surface area contributed by atoms with Gasteiger partial charge < -0.3 is 19.4 Å². The molecule has 0 aliphatic heterocycles.